The Bertz CT molecular complexity index is 1110. The van der Waals surface area contributed by atoms with E-state index >= 15 is 0 Å². The first-order chi connectivity index (χ1) is 15.6. The zero-order valence-corrected chi connectivity index (χ0v) is 19.8. The Morgan fingerprint density at radius 2 is 1.70 bits per heavy atom. The molecule has 2 aromatic carbocycles. The van der Waals surface area contributed by atoms with Crippen LogP contribution in [-0.2, 0) is 14.8 Å². The quantitative estimate of drug-likeness (QED) is 0.530. The van der Waals surface area contributed by atoms with Crippen LogP contribution >= 0.6 is 0 Å². The lowest BCUT2D eigenvalue weighted by atomic mass is 10.0. The van der Waals surface area contributed by atoms with Crippen molar-refractivity contribution in [2.45, 2.75) is 63.4 Å². The summed E-state index contributed by atoms with van der Waals surface area (Å²) in [7, 11) is -3.98. The Balaban J connectivity index is 1.71. The number of carboxylic acids is 1. The van der Waals surface area contributed by atoms with Crippen LogP contribution in [0.1, 0.15) is 45.1 Å². The van der Waals surface area contributed by atoms with Crippen molar-refractivity contribution >= 4 is 22.1 Å². The summed E-state index contributed by atoms with van der Waals surface area (Å²) in [6.45, 7) is 5.15. The van der Waals surface area contributed by atoms with Gasteiger partial charge >= 0.3 is 12.1 Å². The summed E-state index contributed by atoms with van der Waals surface area (Å²) >= 11 is 0. The highest BCUT2D eigenvalue weighted by Gasteiger charge is 2.28. The number of sulfonamides is 1. The van der Waals surface area contributed by atoms with Crippen molar-refractivity contribution in [2.24, 2.45) is 5.92 Å². The predicted molar refractivity (Wildman–Crippen MR) is 125 cm³/mol. The van der Waals surface area contributed by atoms with Crippen LogP contribution in [0.25, 0.3) is 11.1 Å². The van der Waals surface area contributed by atoms with Crippen LogP contribution in [0.3, 0.4) is 0 Å². The van der Waals surface area contributed by atoms with E-state index in [4.69, 9.17) is 4.74 Å². The number of nitrogens with one attached hydrogen (secondary N) is 2. The third-order valence-electron chi connectivity index (χ3n) is 5.78. The molecule has 8 nitrogen and oxygen atoms in total. The van der Waals surface area contributed by atoms with E-state index in [1.165, 1.54) is 12.1 Å². The van der Waals surface area contributed by atoms with E-state index in [0.717, 1.165) is 42.4 Å². The molecule has 2 aromatic rings. The van der Waals surface area contributed by atoms with E-state index in [0.29, 0.717) is 5.75 Å². The lowest BCUT2D eigenvalue weighted by Gasteiger charge is -2.18. The van der Waals surface area contributed by atoms with Crippen molar-refractivity contribution in [1.82, 2.24) is 10.0 Å². The number of ether oxygens (including phenoxy) is 1. The molecule has 1 atom stereocenters. The van der Waals surface area contributed by atoms with E-state index < -0.39 is 34.0 Å². The van der Waals surface area contributed by atoms with Gasteiger partial charge in [-0.3, -0.25) is 4.79 Å². The van der Waals surface area contributed by atoms with Crippen LogP contribution in [0, 0.1) is 12.8 Å². The normalized spacial score (nSPS) is 15.4. The highest BCUT2D eigenvalue weighted by molar-refractivity contribution is 7.89. The molecule has 0 heterocycles. The molecule has 0 aliphatic heterocycles. The summed E-state index contributed by atoms with van der Waals surface area (Å²) in [4.78, 5) is 23.4. The van der Waals surface area contributed by atoms with Gasteiger partial charge in [0.15, 0.2) is 0 Å². The molecule has 1 aliphatic carbocycles. The smallest absolute Gasteiger partial charge is 0.412 e. The molecule has 0 bridgehead atoms. The van der Waals surface area contributed by atoms with Gasteiger partial charge in [-0.15, -0.1) is 0 Å². The monoisotopic (exact) mass is 474 g/mol. The Kier molecular flexibility index (Phi) is 7.76. The molecular formula is C24H30N2O6S. The number of rotatable bonds is 8. The van der Waals surface area contributed by atoms with E-state index in [2.05, 4.69) is 10.0 Å². The zero-order chi connectivity index (χ0) is 24.2. The van der Waals surface area contributed by atoms with E-state index in [9.17, 15) is 23.1 Å². The molecule has 1 fully saturated rings. The van der Waals surface area contributed by atoms with Crippen LogP contribution in [0.2, 0.25) is 0 Å². The molecule has 1 aliphatic rings. The zero-order valence-electron chi connectivity index (χ0n) is 19.0. The number of benzene rings is 2. The average molecular weight is 475 g/mol. The number of hydrogen-bond donors (Lipinski definition) is 3. The summed E-state index contributed by atoms with van der Waals surface area (Å²) in [5.41, 5.74) is 2.51. The van der Waals surface area contributed by atoms with Gasteiger partial charge in [0.25, 0.3) is 0 Å². The molecule has 178 valence electrons. The Morgan fingerprint density at radius 1 is 1.06 bits per heavy atom. The molecule has 0 radical (unpaired) electrons. The summed E-state index contributed by atoms with van der Waals surface area (Å²) in [5.74, 6) is -1.19. The number of carbonyl (C=O) groups is 2. The minimum atomic E-state index is -3.98. The van der Waals surface area contributed by atoms with E-state index in [1.807, 2.05) is 13.0 Å². The Morgan fingerprint density at radius 3 is 2.24 bits per heavy atom. The summed E-state index contributed by atoms with van der Waals surface area (Å²) in [6.07, 6.45) is 3.72. The van der Waals surface area contributed by atoms with Gasteiger partial charge in [-0.25, -0.2) is 13.2 Å². The molecule has 0 saturated heterocycles. The van der Waals surface area contributed by atoms with Gasteiger partial charge in [-0.1, -0.05) is 44.9 Å². The second-order valence-electron chi connectivity index (χ2n) is 8.70. The van der Waals surface area contributed by atoms with Crippen molar-refractivity contribution in [3.05, 3.63) is 48.0 Å². The maximum absolute atomic E-state index is 12.6. The molecule has 1 saturated carbocycles. The van der Waals surface area contributed by atoms with Crippen molar-refractivity contribution in [1.29, 1.82) is 0 Å². The summed E-state index contributed by atoms with van der Waals surface area (Å²) < 4.78 is 32.9. The molecule has 3 N–H and O–H groups in total. The first kappa shape index (κ1) is 24.7. The van der Waals surface area contributed by atoms with Crippen molar-refractivity contribution in [3.8, 4) is 16.9 Å². The molecule has 1 amide bonds. The highest BCUT2D eigenvalue weighted by atomic mass is 32.2. The molecule has 0 aromatic heterocycles. The fraction of sp³-hybridized carbons (Fsp3) is 0.417. The SMILES string of the molecule is Cc1cc(OC(=O)NC2CCCC2)ccc1-c1ccc(S(=O)(=O)N[C@@H](C(=O)O)C(C)C)cc1. The van der Waals surface area contributed by atoms with Gasteiger partial charge in [0.05, 0.1) is 4.90 Å². The Hall–Kier alpha value is -2.91. The van der Waals surface area contributed by atoms with Gasteiger partial charge in [0, 0.05) is 6.04 Å². The second-order valence-corrected chi connectivity index (χ2v) is 10.4. The minimum absolute atomic E-state index is 0.0145. The first-order valence-corrected chi connectivity index (χ1v) is 12.5. The molecule has 3 rings (SSSR count). The lowest BCUT2D eigenvalue weighted by Crippen LogP contribution is -2.44. The van der Waals surface area contributed by atoms with E-state index in [-0.39, 0.29) is 10.9 Å². The van der Waals surface area contributed by atoms with Crippen LogP contribution in [0.15, 0.2) is 47.4 Å². The number of hydrogen-bond acceptors (Lipinski definition) is 5. The summed E-state index contributed by atoms with van der Waals surface area (Å²) in [5, 5.41) is 12.1. The largest absolute Gasteiger partial charge is 0.480 e. The van der Waals surface area contributed by atoms with Crippen LogP contribution in [0.4, 0.5) is 4.79 Å². The van der Waals surface area contributed by atoms with Crippen molar-refractivity contribution < 1.29 is 27.9 Å². The van der Waals surface area contributed by atoms with Gasteiger partial charge < -0.3 is 15.2 Å². The molecule has 9 heteroatoms. The third kappa shape index (κ3) is 6.33. The minimum Gasteiger partial charge on any atom is -0.480 e. The maximum Gasteiger partial charge on any atom is 0.412 e. The van der Waals surface area contributed by atoms with Crippen molar-refractivity contribution in [3.63, 3.8) is 0 Å². The average Bonchev–Trinajstić information content (AvgIpc) is 3.25. The van der Waals surface area contributed by atoms with Crippen molar-refractivity contribution in [2.75, 3.05) is 0 Å². The fourth-order valence-corrected chi connectivity index (χ4v) is 5.26. The molecular weight excluding hydrogens is 444 g/mol. The molecule has 0 spiro atoms. The lowest BCUT2D eigenvalue weighted by molar-refractivity contribution is -0.140. The molecule has 0 unspecified atom stereocenters. The number of aryl methyl sites for hydroxylation is 1. The number of carbonyl (C=O) groups excluding carboxylic acids is 1. The van der Waals surface area contributed by atoms with Gasteiger partial charge in [0.1, 0.15) is 11.8 Å². The number of amides is 1. The Labute approximate surface area is 194 Å². The summed E-state index contributed by atoms with van der Waals surface area (Å²) in [6, 6.07) is 10.4. The maximum atomic E-state index is 12.6. The first-order valence-electron chi connectivity index (χ1n) is 11.0. The second kappa shape index (κ2) is 10.4. The topological polar surface area (TPSA) is 122 Å². The highest BCUT2D eigenvalue weighted by Crippen LogP contribution is 2.28. The van der Waals surface area contributed by atoms with Crippen LogP contribution < -0.4 is 14.8 Å². The van der Waals surface area contributed by atoms with Gasteiger partial charge in [0.2, 0.25) is 10.0 Å². The third-order valence-corrected chi connectivity index (χ3v) is 7.23. The van der Waals surface area contributed by atoms with Gasteiger partial charge in [-0.2, -0.15) is 4.72 Å². The number of aliphatic carboxylic acids is 1. The van der Waals surface area contributed by atoms with Crippen LogP contribution in [0.5, 0.6) is 5.75 Å². The fourth-order valence-electron chi connectivity index (χ4n) is 3.92. The van der Waals surface area contributed by atoms with Gasteiger partial charge in [-0.05, 0) is 66.6 Å². The standard InChI is InChI=1S/C24H30N2O6S/c1-15(2)22(23(27)28)26-33(30,31)20-11-8-17(9-12-20)21-13-10-19(14-16(21)3)32-24(29)25-18-6-4-5-7-18/h8-15,18,22,26H,4-7H2,1-3H3,(H,25,29)(H,27,28)/t22-/m1/s1. The number of carboxylic acid groups (broad SMARTS) is 1. The van der Waals surface area contributed by atoms with Crippen LogP contribution in [-0.4, -0.2) is 37.7 Å². The predicted octanol–water partition coefficient (Wildman–Crippen LogP) is 4.08. The molecule has 33 heavy (non-hydrogen) atoms. The van der Waals surface area contributed by atoms with E-state index in [1.54, 1.807) is 38.1 Å².